The maximum atomic E-state index is 5.94. The van der Waals surface area contributed by atoms with Gasteiger partial charge in [0.1, 0.15) is 0 Å². The van der Waals surface area contributed by atoms with Gasteiger partial charge < -0.3 is 4.42 Å². The normalized spacial score (nSPS) is 43.3. The Labute approximate surface area is 209 Å². The zero-order valence-electron chi connectivity index (χ0n) is 23.0. The predicted molar refractivity (Wildman–Crippen MR) is 140 cm³/mol. The molecule has 5 saturated carbocycles. The van der Waals surface area contributed by atoms with Crippen LogP contribution in [-0.2, 0) is 6.42 Å². The summed E-state index contributed by atoms with van der Waals surface area (Å²) in [6.07, 6.45) is 21.1. The molecule has 1 aromatic heterocycles. The van der Waals surface area contributed by atoms with Crippen LogP contribution < -0.4 is 0 Å². The Kier molecular flexibility index (Phi) is 7.22. The lowest BCUT2D eigenvalue weighted by Gasteiger charge is -2.62. The molecule has 1 heterocycles. The Hall–Kier alpha value is -0.860. The largest absolute Gasteiger partial charge is 0.425 e. The van der Waals surface area contributed by atoms with Crippen LogP contribution in [0, 0.1) is 46.3 Å². The van der Waals surface area contributed by atoms with Crippen LogP contribution >= 0.6 is 0 Å². The van der Waals surface area contributed by atoms with Crippen molar-refractivity contribution in [3.63, 3.8) is 0 Å². The van der Waals surface area contributed by atoms with Gasteiger partial charge in [-0.3, -0.25) is 0 Å². The van der Waals surface area contributed by atoms with Gasteiger partial charge in [-0.1, -0.05) is 53.9 Å². The summed E-state index contributed by atoms with van der Waals surface area (Å²) in [5, 5.41) is 8.63. The first-order valence-electron chi connectivity index (χ1n) is 15.3. The highest BCUT2D eigenvalue weighted by atomic mass is 16.4. The van der Waals surface area contributed by atoms with Gasteiger partial charge in [-0.2, -0.15) is 0 Å². The smallest absolute Gasteiger partial charge is 0.219 e. The van der Waals surface area contributed by atoms with E-state index in [4.69, 9.17) is 4.42 Å². The van der Waals surface area contributed by atoms with E-state index in [0.717, 1.165) is 53.7 Å². The first-order valence-corrected chi connectivity index (χ1v) is 15.3. The fraction of sp³-hybridized carbons (Fsp3) is 0.935. The Morgan fingerprint density at radius 1 is 0.853 bits per heavy atom. The van der Waals surface area contributed by atoms with Crippen molar-refractivity contribution in [1.82, 2.24) is 10.2 Å². The summed E-state index contributed by atoms with van der Waals surface area (Å²) in [4.78, 5) is 0. The van der Waals surface area contributed by atoms with Crippen LogP contribution in [0.15, 0.2) is 4.42 Å². The van der Waals surface area contributed by atoms with E-state index >= 15 is 0 Å². The van der Waals surface area contributed by atoms with Crippen molar-refractivity contribution in [3.05, 3.63) is 11.8 Å². The van der Waals surface area contributed by atoms with Gasteiger partial charge in [0, 0.05) is 12.3 Å². The first kappa shape index (κ1) is 24.8. The fourth-order valence-corrected chi connectivity index (χ4v) is 9.97. The first-order chi connectivity index (χ1) is 16.5. The number of fused-ring (bicyclic) bond motifs is 5. The molecule has 0 bridgehead atoms. The molecule has 0 N–H and O–H groups in total. The number of hydrogen-bond acceptors (Lipinski definition) is 3. The van der Waals surface area contributed by atoms with Crippen molar-refractivity contribution in [2.75, 3.05) is 0 Å². The van der Waals surface area contributed by atoms with Gasteiger partial charge in [-0.25, -0.2) is 0 Å². The topological polar surface area (TPSA) is 38.9 Å². The molecular formula is C31H52N2O. The Morgan fingerprint density at radius 3 is 2.41 bits per heavy atom. The number of hydrogen-bond donors (Lipinski definition) is 0. The molecule has 5 aliphatic rings. The summed E-state index contributed by atoms with van der Waals surface area (Å²) < 4.78 is 5.94. The molecule has 0 aromatic carbocycles. The monoisotopic (exact) mass is 468 g/mol. The molecule has 0 aliphatic heterocycles. The van der Waals surface area contributed by atoms with Crippen molar-refractivity contribution >= 4 is 0 Å². The third-order valence-electron chi connectivity index (χ3n) is 11.8. The number of rotatable bonds is 6. The predicted octanol–water partition coefficient (Wildman–Crippen LogP) is 8.98. The number of aromatic nitrogens is 2. The van der Waals surface area contributed by atoms with Crippen molar-refractivity contribution in [1.29, 1.82) is 0 Å². The molecule has 6 unspecified atom stereocenters. The number of nitrogens with zero attached hydrogens (tertiary/aromatic N) is 2. The standard InChI is InChI=1S/C29H46N2O.C2H6/c1-4-19-18-22-24-14-13-21(8-7-10-26-30-31-27(32-26)20-11-12-20)28(24,2)17-15-25(22)29(3)16-6-5-9-23(19)29;1-2/h19-25H,4-18H2,1-3H3;1-2H3/t19-,21?,22?,23?,24?,25-,28?,29?;/m0./s1. The lowest BCUT2D eigenvalue weighted by atomic mass is 9.42. The molecule has 3 nitrogen and oxygen atoms in total. The van der Waals surface area contributed by atoms with Crippen molar-refractivity contribution < 1.29 is 4.42 Å². The average molecular weight is 469 g/mol. The maximum Gasteiger partial charge on any atom is 0.219 e. The summed E-state index contributed by atoms with van der Waals surface area (Å²) in [7, 11) is 0. The van der Waals surface area contributed by atoms with Gasteiger partial charge in [0.25, 0.3) is 0 Å². The highest BCUT2D eigenvalue weighted by Crippen LogP contribution is 2.69. The lowest BCUT2D eigenvalue weighted by Crippen LogP contribution is -2.55. The van der Waals surface area contributed by atoms with Gasteiger partial charge in [-0.15, -0.1) is 10.2 Å². The van der Waals surface area contributed by atoms with Gasteiger partial charge in [0.15, 0.2) is 0 Å². The van der Waals surface area contributed by atoms with Gasteiger partial charge in [-0.05, 0) is 117 Å². The van der Waals surface area contributed by atoms with Crippen LogP contribution in [0.5, 0.6) is 0 Å². The molecule has 3 heteroatoms. The minimum atomic E-state index is 0.578. The van der Waals surface area contributed by atoms with E-state index in [0.29, 0.717) is 16.7 Å². The van der Waals surface area contributed by atoms with Crippen molar-refractivity contribution in [2.45, 2.75) is 137 Å². The third-order valence-corrected chi connectivity index (χ3v) is 11.8. The molecule has 0 amide bonds. The molecule has 0 spiro atoms. The molecule has 0 saturated heterocycles. The van der Waals surface area contributed by atoms with E-state index in [1.165, 1.54) is 83.5 Å². The summed E-state index contributed by atoms with van der Waals surface area (Å²) in [5.41, 5.74) is 1.24. The molecule has 8 atom stereocenters. The van der Waals surface area contributed by atoms with Crippen LogP contribution in [0.25, 0.3) is 0 Å². The van der Waals surface area contributed by atoms with Crippen LogP contribution in [0.4, 0.5) is 0 Å². The molecule has 1 aromatic rings. The van der Waals surface area contributed by atoms with Gasteiger partial charge in [0.05, 0.1) is 0 Å². The average Bonchev–Trinajstić information content (AvgIpc) is 3.50. The highest BCUT2D eigenvalue weighted by molar-refractivity contribution is 5.10. The second-order valence-electron chi connectivity index (χ2n) is 13.2. The van der Waals surface area contributed by atoms with E-state index in [9.17, 15) is 0 Å². The van der Waals surface area contributed by atoms with Crippen LogP contribution in [0.1, 0.15) is 142 Å². The van der Waals surface area contributed by atoms with Gasteiger partial charge in [0.2, 0.25) is 11.8 Å². The highest BCUT2D eigenvalue weighted by Gasteiger charge is 2.60. The molecule has 192 valence electrons. The van der Waals surface area contributed by atoms with E-state index < -0.39 is 0 Å². The van der Waals surface area contributed by atoms with E-state index in [1.54, 1.807) is 6.42 Å². The zero-order valence-corrected chi connectivity index (χ0v) is 23.0. The molecule has 5 fully saturated rings. The van der Waals surface area contributed by atoms with E-state index in [2.05, 4.69) is 31.0 Å². The lowest BCUT2D eigenvalue weighted by molar-refractivity contribution is -0.135. The molecule has 6 rings (SSSR count). The van der Waals surface area contributed by atoms with Crippen LogP contribution in [-0.4, -0.2) is 10.2 Å². The Morgan fingerprint density at radius 2 is 1.65 bits per heavy atom. The maximum absolute atomic E-state index is 5.94. The molecule has 5 aliphatic carbocycles. The zero-order chi connectivity index (χ0) is 23.9. The molecule has 34 heavy (non-hydrogen) atoms. The SMILES string of the molecule is CC.CC[C@H]1CC2C3CCC(CCCc4nnc(C5CC5)o4)C3(C)CC[C@@H]2C2(C)CCCCC12. The fourth-order valence-electron chi connectivity index (χ4n) is 9.97. The number of aryl methyl sites for hydroxylation is 1. The quantitative estimate of drug-likeness (QED) is 0.418. The minimum Gasteiger partial charge on any atom is -0.425 e. The van der Waals surface area contributed by atoms with Crippen LogP contribution in [0.2, 0.25) is 0 Å². The Balaban J connectivity index is 0.00000117. The minimum absolute atomic E-state index is 0.578. The molecule has 0 radical (unpaired) electrons. The summed E-state index contributed by atoms with van der Waals surface area (Å²) in [6.45, 7) is 11.9. The van der Waals surface area contributed by atoms with Crippen molar-refractivity contribution in [2.24, 2.45) is 46.3 Å². The third kappa shape index (κ3) is 4.19. The van der Waals surface area contributed by atoms with Crippen molar-refractivity contribution in [3.8, 4) is 0 Å². The van der Waals surface area contributed by atoms with E-state index in [-0.39, 0.29) is 0 Å². The Bertz CT molecular complexity index is 814. The van der Waals surface area contributed by atoms with E-state index in [1.807, 2.05) is 13.8 Å². The second-order valence-corrected chi connectivity index (χ2v) is 13.2. The van der Waals surface area contributed by atoms with Gasteiger partial charge >= 0.3 is 0 Å². The summed E-state index contributed by atoms with van der Waals surface area (Å²) in [6, 6.07) is 0. The second kappa shape index (κ2) is 9.89. The summed E-state index contributed by atoms with van der Waals surface area (Å²) in [5.74, 6) is 8.34. The molecular weight excluding hydrogens is 416 g/mol. The van der Waals surface area contributed by atoms with Crippen LogP contribution in [0.3, 0.4) is 0 Å². The summed E-state index contributed by atoms with van der Waals surface area (Å²) >= 11 is 0.